The molecular weight excluding hydrogens is 330 g/mol. The lowest BCUT2D eigenvalue weighted by Crippen LogP contribution is -2.41. The molecule has 0 bridgehead atoms. The molecule has 0 radical (unpaired) electrons. The predicted octanol–water partition coefficient (Wildman–Crippen LogP) is 2.27. The number of hydrogen-bond acceptors (Lipinski definition) is 5. The molecule has 7 heteroatoms. The van der Waals surface area contributed by atoms with Crippen LogP contribution in [0.5, 0.6) is 0 Å². The third-order valence-corrected chi connectivity index (χ3v) is 7.63. The Balaban J connectivity index is 1.82. The first-order valence-corrected chi connectivity index (χ1v) is 10.2. The third-order valence-electron chi connectivity index (χ3n) is 4.25. The number of amides is 1. The van der Waals surface area contributed by atoms with E-state index in [0.29, 0.717) is 24.3 Å². The lowest BCUT2D eigenvalue weighted by Gasteiger charge is -2.23. The van der Waals surface area contributed by atoms with Crippen LogP contribution in [0.25, 0.3) is 0 Å². The molecule has 5 nitrogen and oxygen atoms in total. The molecule has 2 aliphatic heterocycles. The molecule has 0 aliphatic carbocycles. The highest BCUT2D eigenvalue weighted by Gasteiger charge is 2.38. The van der Waals surface area contributed by atoms with E-state index in [-0.39, 0.29) is 22.2 Å². The van der Waals surface area contributed by atoms with Crippen molar-refractivity contribution < 1.29 is 9.59 Å². The number of Topliss-reactive ketones (excluding diaryl/α,β-unsaturated/α-hetero) is 1. The van der Waals surface area contributed by atoms with Crippen molar-refractivity contribution in [3.8, 4) is 6.07 Å². The van der Waals surface area contributed by atoms with Gasteiger partial charge in [0.15, 0.2) is 0 Å². The summed E-state index contributed by atoms with van der Waals surface area (Å²) in [6.45, 7) is 2.29. The van der Waals surface area contributed by atoms with E-state index in [1.54, 1.807) is 4.90 Å². The molecule has 0 aromatic carbocycles. The van der Waals surface area contributed by atoms with Crippen LogP contribution in [0, 0.1) is 18.3 Å². The van der Waals surface area contributed by atoms with Crippen molar-refractivity contribution in [3.05, 3.63) is 16.1 Å². The fraction of sp³-hybridized carbons (Fsp3) is 0.562. The zero-order valence-corrected chi connectivity index (χ0v) is 14.7. The molecule has 0 spiro atoms. The highest BCUT2D eigenvalue weighted by molar-refractivity contribution is 8.17. The molecule has 3 heterocycles. The number of carbonyl (C=O) groups excluding carboxylic acids is 2. The van der Waals surface area contributed by atoms with Gasteiger partial charge >= 0.3 is 0 Å². The first-order chi connectivity index (χ1) is 11.1. The molecule has 1 aromatic rings. The van der Waals surface area contributed by atoms with Crippen LogP contribution >= 0.6 is 21.8 Å². The summed E-state index contributed by atoms with van der Waals surface area (Å²) in [7, 11) is -0.205. The number of hydrogen-bond donors (Lipinski definition) is 0. The minimum Gasteiger partial charge on any atom is -0.325 e. The first kappa shape index (κ1) is 16.3. The summed E-state index contributed by atoms with van der Waals surface area (Å²) in [5, 5.41) is 12.2. The van der Waals surface area contributed by atoms with Crippen molar-refractivity contribution >= 4 is 38.4 Å². The van der Waals surface area contributed by atoms with E-state index in [9.17, 15) is 14.9 Å². The van der Waals surface area contributed by atoms with E-state index < -0.39 is 6.04 Å². The first-order valence-electron chi connectivity index (χ1n) is 7.79. The van der Waals surface area contributed by atoms with Gasteiger partial charge in [-0.05, 0) is 37.7 Å². The average Bonchev–Trinajstić information content (AvgIpc) is 3.25. The van der Waals surface area contributed by atoms with Crippen LogP contribution in [0.2, 0.25) is 0 Å². The van der Waals surface area contributed by atoms with Gasteiger partial charge in [0.1, 0.15) is 15.9 Å². The van der Waals surface area contributed by atoms with Crippen molar-refractivity contribution in [2.24, 2.45) is 0 Å². The zero-order chi connectivity index (χ0) is 16.4. The molecule has 0 saturated carbocycles. The molecular formula is C16H19N3O2S2. The summed E-state index contributed by atoms with van der Waals surface area (Å²) >= 11 is 1.51. The van der Waals surface area contributed by atoms with Crippen molar-refractivity contribution in [2.45, 2.75) is 45.2 Å². The molecule has 1 unspecified atom stereocenters. The van der Waals surface area contributed by atoms with Gasteiger partial charge in [0.05, 0.1) is 12.6 Å². The lowest BCUT2D eigenvalue weighted by atomic mass is 10.1. The number of nitriles is 1. The Kier molecular flexibility index (Phi) is 4.93. The van der Waals surface area contributed by atoms with Crippen LogP contribution in [0.15, 0.2) is 5.38 Å². The Labute approximate surface area is 142 Å². The maximum atomic E-state index is 12.9. The Morgan fingerprint density at radius 1 is 1.52 bits per heavy atom. The summed E-state index contributed by atoms with van der Waals surface area (Å²) in [5.41, 5.74) is 0.927. The van der Waals surface area contributed by atoms with Gasteiger partial charge in [-0.25, -0.2) is 4.98 Å². The number of thiazole rings is 1. The molecule has 1 amide bonds. The smallest absolute Gasteiger partial charge is 0.223 e. The number of carbonyl (C=O) groups is 2. The van der Waals surface area contributed by atoms with E-state index in [1.807, 2.05) is 12.3 Å². The fourth-order valence-electron chi connectivity index (χ4n) is 3.10. The second-order valence-corrected chi connectivity index (χ2v) is 9.03. The highest BCUT2D eigenvalue weighted by atomic mass is 32.2. The van der Waals surface area contributed by atoms with Gasteiger partial charge in [-0.2, -0.15) is 15.7 Å². The Hall–Kier alpha value is -1.52. The largest absolute Gasteiger partial charge is 0.325 e. The van der Waals surface area contributed by atoms with Crippen LogP contribution in [0.4, 0.5) is 0 Å². The Morgan fingerprint density at radius 3 is 2.87 bits per heavy atom. The maximum absolute atomic E-state index is 12.9. The summed E-state index contributed by atoms with van der Waals surface area (Å²) in [6.07, 6.45) is 3.08. The number of nitrogens with zero attached hydrogens (tertiary/aromatic N) is 3. The molecule has 0 N–H and O–H groups in total. The molecule has 1 aromatic heterocycles. The van der Waals surface area contributed by atoms with Crippen LogP contribution in [0.1, 0.15) is 36.4 Å². The molecule has 2 saturated heterocycles. The topological polar surface area (TPSA) is 74.1 Å². The summed E-state index contributed by atoms with van der Waals surface area (Å²) in [5.74, 6) is 1.75. The SMILES string of the molecule is Cc1csc(CN2C(=O)CCC2C(=O)C(C#N)=S2CCCC2)n1. The molecule has 122 valence electrons. The molecule has 2 fully saturated rings. The second-order valence-electron chi connectivity index (χ2n) is 5.87. The Morgan fingerprint density at radius 2 is 2.26 bits per heavy atom. The normalized spacial score (nSPS) is 21.7. The van der Waals surface area contributed by atoms with Gasteiger partial charge in [0.2, 0.25) is 11.7 Å². The van der Waals surface area contributed by atoms with E-state index in [4.69, 9.17) is 0 Å². The minimum absolute atomic E-state index is 0.0109. The summed E-state index contributed by atoms with van der Waals surface area (Å²) < 4.78 is 0. The van der Waals surface area contributed by atoms with E-state index >= 15 is 0 Å². The minimum atomic E-state index is -0.477. The van der Waals surface area contributed by atoms with Crippen LogP contribution in [0.3, 0.4) is 0 Å². The van der Waals surface area contributed by atoms with E-state index in [0.717, 1.165) is 35.0 Å². The van der Waals surface area contributed by atoms with Gasteiger partial charge in [-0.1, -0.05) is 0 Å². The van der Waals surface area contributed by atoms with Gasteiger partial charge in [-0.3, -0.25) is 9.59 Å². The predicted molar refractivity (Wildman–Crippen MR) is 92.6 cm³/mol. The fourth-order valence-corrected chi connectivity index (χ4v) is 6.13. The number of ketones is 1. The van der Waals surface area contributed by atoms with E-state index in [1.165, 1.54) is 11.3 Å². The van der Waals surface area contributed by atoms with Crippen molar-refractivity contribution in [1.29, 1.82) is 5.26 Å². The molecule has 3 rings (SSSR count). The monoisotopic (exact) mass is 349 g/mol. The second kappa shape index (κ2) is 6.93. The number of rotatable bonds is 4. The molecule has 1 atom stereocenters. The standard InChI is InChI=1S/C16H19N3O2S2/c1-11-10-22-14(18-11)9-19-12(4-5-15(19)20)16(21)13(8-17)23-6-2-3-7-23/h10,12H,2-7,9H2,1H3. The van der Waals surface area contributed by atoms with Crippen molar-refractivity contribution in [3.63, 3.8) is 0 Å². The average molecular weight is 349 g/mol. The van der Waals surface area contributed by atoms with Crippen LogP contribution < -0.4 is 0 Å². The number of aromatic nitrogens is 1. The Bertz CT molecular complexity index is 709. The van der Waals surface area contributed by atoms with Crippen molar-refractivity contribution in [1.82, 2.24) is 9.88 Å². The summed E-state index contributed by atoms with van der Waals surface area (Å²) in [4.78, 5) is 31.5. The van der Waals surface area contributed by atoms with Gasteiger partial charge < -0.3 is 4.90 Å². The number of aryl methyl sites for hydroxylation is 1. The van der Waals surface area contributed by atoms with Gasteiger partial charge in [-0.15, -0.1) is 11.3 Å². The van der Waals surface area contributed by atoms with Gasteiger partial charge in [0, 0.05) is 17.5 Å². The number of likely N-dealkylation sites (tertiary alicyclic amines) is 1. The van der Waals surface area contributed by atoms with Crippen LogP contribution in [-0.2, 0) is 16.1 Å². The molecule has 2 aliphatic rings. The lowest BCUT2D eigenvalue weighted by molar-refractivity contribution is -0.132. The van der Waals surface area contributed by atoms with Gasteiger partial charge in [0.25, 0.3) is 0 Å². The van der Waals surface area contributed by atoms with E-state index in [2.05, 4.69) is 11.1 Å². The summed E-state index contributed by atoms with van der Waals surface area (Å²) in [6, 6.07) is 1.68. The molecule has 23 heavy (non-hydrogen) atoms. The van der Waals surface area contributed by atoms with Crippen LogP contribution in [-0.4, -0.2) is 44.0 Å². The zero-order valence-electron chi connectivity index (χ0n) is 13.1. The van der Waals surface area contributed by atoms with Crippen molar-refractivity contribution in [2.75, 3.05) is 11.5 Å². The maximum Gasteiger partial charge on any atom is 0.223 e. The quantitative estimate of drug-likeness (QED) is 0.782. The highest BCUT2D eigenvalue weighted by Crippen LogP contribution is 2.30. The third kappa shape index (κ3) is 3.38.